The molecule has 3 aromatic carbocycles. The molecular weight excluding hydrogens is 312 g/mol. The Hall–Kier alpha value is -2.46. The van der Waals surface area contributed by atoms with Gasteiger partial charge in [-0.3, -0.25) is 4.74 Å². The van der Waals surface area contributed by atoms with Crippen molar-refractivity contribution in [3.63, 3.8) is 0 Å². The van der Waals surface area contributed by atoms with Gasteiger partial charge in [0.25, 0.3) is 5.79 Å². The summed E-state index contributed by atoms with van der Waals surface area (Å²) < 4.78 is 6.64. The third-order valence-electron chi connectivity index (χ3n) is 5.26. The molecule has 1 fully saturated rings. The highest BCUT2D eigenvalue weighted by Gasteiger charge is 2.63. The molecule has 0 aromatic heterocycles. The van der Waals surface area contributed by atoms with E-state index in [0.29, 0.717) is 0 Å². The molecule has 2 unspecified atom stereocenters. The summed E-state index contributed by atoms with van der Waals surface area (Å²) in [5, 5.41) is 0. The van der Waals surface area contributed by atoms with Crippen molar-refractivity contribution in [2.45, 2.75) is 24.4 Å². The topological polar surface area (TPSA) is 27.7 Å². The first-order valence-electron chi connectivity index (χ1n) is 8.54. The van der Waals surface area contributed by atoms with E-state index in [4.69, 9.17) is 14.5 Å². The Morgan fingerprint density at radius 1 is 0.680 bits per heavy atom. The number of benzene rings is 3. The second kappa shape index (κ2) is 5.27. The molecule has 3 heteroatoms. The van der Waals surface area contributed by atoms with Crippen LogP contribution in [0.1, 0.15) is 35.1 Å². The van der Waals surface area contributed by atoms with Crippen LogP contribution in [0, 0.1) is 0 Å². The number of ether oxygens (including phenoxy) is 1. The van der Waals surface area contributed by atoms with Gasteiger partial charge in [-0.1, -0.05) is 91.9 Å². The van der Waals surface area contributed by atoms with Crippen LogP contribution >= 0.6 is 0 Å². The van der Waals surface area contributed by atoms with Crippen molar-refractivity contribution in [1.29, 1.82) is 0 Å². The lowest BCUT2D eigenvalue weighted by Gasteiger charge is -2.40. The molecule has 2 bridgehead atoms. The molecule has 2 aliphatic rings. The zero-order valence-electron chi connectivity index (χ0n) is 13.9. The molecule has 3 nitrogen and oxygen atoms in total. The normalized spacial score (nSPS) is 30.0. The zero-order chi connectivity index (χ0) is 16.9. The van der Waals surface area contributed by atoms with Crippen molar-refractivity contribution in [3.8, 4) is 0 Å². The predicted octanol–water partition coefficient (Wildman–Crippen LogP) is 4.84. The first-order chi connectivity index (χ1) is 12.3. The molecule has 5 rings (SSSR count). The molecule has 0 saturated carbocycles. The van der Waals surface area contributed by atoms with Crippen LogP contribution < -0.4 is 0 Å². The third-order valence-corrected chi connectivity index (χ3v) is 5.26. The van der Waals surface area contributed by atoms with Crippen LogP contribution in [0.15, 0.2) is 84.9 Å². The van der Waals surface area contributed by atoms with E-state index in [1.54, 1.807) is 0 Å². The van der Waals surface area contributed by atoms with Crippen molar-refractivity contribution >= 4 is 0 Å². The second-order valence-corrected chi connectivity index (χ2v) is 6.59. The molecule has 2 aliphatic heterocycles. The molecule has 25 heavy (non-hydrogen) atoms. The Kier molecular flexibility index (Phi) is 3.13. The van der Waals surface area contributed by atoms with Gasteiger partial charge in [0.15, 0.2) is 0 Å². The molecule has 1 saturated heterocycles. The van der Waals surface area contributed by atoms with E-state index in [0.717, 1.165) is 16.7 Å². The van der Waals surface area contributed by atoms with Gasteiger partial charge in [0, 0.05) is 22.6 Å². The smallest absolute Gasteiger partial charge is 0.257 e. The largest absolute Gasteiger partial charge is 0.300 e. The molecule has 2 heterocycles. The van der Waals surface area contributed by atoms with E-state index < -0.39 is 11.6 Å². The SMILES string of the molecule is C[C@@H]1c2ccccc2C2(c3ccccc3)OOC1(c1ccccc1)O2. The Morgan fingerprint density at radius 3 is 2.00 bits per heavy atom. The Balaban J connectivity index is 1.78. The first-order valence-corrected chi connectivity index (χ1v) is 8.54. The van der Waals surface area contributed by atoms with Crippen molar-refractivity contribution in [3.05, 3.63) is 107 Å². The fraction of sp³-hybridized carbons (Fsp3) is 0.182. The van der Waals surface area contributed by atoms with E-state index >= 15 is 0 Å². The maximum Gasteiger partial charge on any atom is 0.257 e. The fourth-order valence-corrected chi connectivity index (χ4v) is 3.96. The van der Waals surface area contributed by atoms with Gasteiger partial charge >= 0.3 is 0 Å². The second-order valence-electron chi connectivity index (χ2n) is 6.59. The lowest BCUT2D eigenvalue weighted by molar-refractivity contribution is -0.350. The van der Waals surface area contributed by atoms with Gasteiger partial charge in [0.05, 0.1) is 0 Å². The van der Waals surface area contributed by atoms with E-state index in [2.05, 4.69) is 25.1 Å². The van der Waals surface area contributed by atoms with Crippen molar-refractivity contribution in [2.24, 2.45) is 0 Å². The van der Waals surface area contributed by atoms with Gasteiger partial charge in [0.2, 0.25) is 5.79 Å². The van der Waals surface area contributed by atoms with Crippen LogP contribution in [-0.2, 0) is 26.1 Å². The lowest BCUT2D eigenvalue weighted by atomic mass is 9.78. The summed E-state index contributed by atoms with van der Waals surface area (Å²) in [6, 6.07) is 28.3. The van der Waals surface area contributed by atoms with Crippen LogP contribution in [0.3, 0.4) is 0 Å². The summed E-state index contributed by atoms with van der Waals surface area (Å²) in [6.45, 7) is 2.12. The number of rotatable bonds is 2. The van der Waals surface area contributed by atoms with Crippen LogP contribution in [0.5, 0.6) is 0 Å². The highest BCUT2D eigenvalue weighted by molar-refractivity contribution is 5.46. The minimum atomic E-state index is -1.06. The molecule has 3 aromatic rings. The molecule has 3 atom stereocenters. The minimum absolute atomic E-state index is 0.00885. The van der Waals surface area contributed by atoms with E-state index in [-0.39, 0.29) is 5.92 Å². The van der Waals surface area contributed by atoms with Crippen LogP contribution in [0.2, 0.25) is 0 Å². The molecular formula is C22H18O3. The van der Waals surface area contributed by atoms with Gasteiger partial charge < -0.3 is 0 Å². The molecule has 0 amide bonds. The van der Waals surface area contributed by atoms with Crippen molar-refractivity contribution in [1.82, 2.24) is 0 Å². The summed E-state index contributed by atoms with van der Waals surface area (Å²) in [5.41, 5.74) is 4.05. The maximum absolute atomic E-state index is 6.64. The van der Waals surface area contributed by atoms with Crippen LogP contribution in [-0.4, -0.2) is 0 Å². The highest BCUT2D eigenvalue weighted by Crippen LogP contribution is 2.60. The van der Waals surface area contributed by atoms with Gasteiger partial charge in [0.1, 0.15) is 0 Å². The maximum atomic E-state index is 6.64. The summed E-state index contributed by atoms with van der Waals surface area (Å²) >= 11 is 0. The fourth-order valence-electron chi connectivity index (χ4n) is 3.96. The quantitative estimate of drug-likeness (QED) is 0.630. The average Bonchev–Trinajstić information content (AvgIpc) is 3.08. The molecule has 0 spiro atoms. The monoisotopic (exact) mass is 330 g/mol. The minimum Gasteiger partial charge on any atom is -0.300 e. The van der Waals surface area contributed by atoms with Gasteiger partial charge in [-0.2, -0.15) is 9.78 Å². The molecule has 0 aliphatic carbocycles. The zero-order valence-corrected chi connectivity index (χ0v) is 13.9. The first kappa shape index (κ1) is 14.8. The highest BCUT2D eigenvalue weighted by atomic mass is 17.3. The van der Waals surface area contributed by atoms with Gasteiger partial charge in [-0.25, -0.2) is 0 Å². The van der Waals surface area contributed by atoms with E-state index in [9.17, 15) is 0 Å². The van der Waals surface area contributed by atoms with Crippen molar-refractivity contribution < 1.29 is 14.5 Å². The summed E-state index contributed by atoms with van der Waals surface area (Å²) in [6.07, 6.45) is 0. The van der Waals surface area contributed by atoms with Gasteiger partial charge in [-0.15, -0.1) is 0 Å². The molecule has 0 radical (unpaired) electrons. The average molecular weight is 330 g/mol. The van der Waals surface area contributed by atoms with Crippen LogP contribution in [0.25, 0.3) is 0 Å². The summed E-state index contributed by atoms with van der Waals surface area (Å²) in [5.74, 6) is -2.03. The van der Waals surface area contributed by atoms with Gasteiger partial charge in [-0.05, 0) is 5.56 Å². The molecule has 124 valence electrons. The third kappa shape index (κ3) is 1.91. The van der Waals surface area contributed by atoms with E-state index in [1.807, 2.05) is 66.7 Å². The summed E-state index contributed by atoms with van der Waals surface area (Å²) in [4.78, 5) is 12.0. The number of fused-ring (bicyclic) bond motifs is 4. The van der Waals surface area contributed by atoms with Crippen LogP contribution in [0.4, 0.5) is 0 Å². The Bertz CT molecular complexity index is 909. The number of hydrogen-bond donors (Lipinski definition) is 0. The van der Waals surface area contributed by atoms with Crippen molar-refractivity contribution in [2.75, 3.05) is 0 Å². The summed E-state index contributed by atoms with van der Waals surface area (Å²) in [7, 11) is 0. The Morgan fingerprint density at radius 2 is 1.28 bits per heavy atom. The predicted molar refractivity (Wildman–Crippen MR) is 93.5 cm³/mol. The Labute approximate surface area is 146 Å². The lowest BCUT2D eigenvalue weighted by Crippen LogP contribution is -2.43. The standard InChI is InChI=1S/C22H18O3/c1-16-19-14-8-9-15-20(19)22(18-12-6-3-7-13-18)23-21(16,24-25-22)17-10-4-2-5-11-17/h2-16H,1H3/t16-,21?,22?/m1/s1. The van der Waals surface area contributed by atoms with E-state index in [1.165, 1.54) is 5.56 Å². The molecule has 0 N–H and O–H groups in total. The number of hydrogen-bond acceptors (Lipinski definition) is 3.